The smallest absolute Gasteiger partial charge is 0.332 e. The minimum absolute atomic E-state index is 0.0581. The van der Waals surface area contributed by atoms with Crippen molar-refractivity contribution in [3.05, 3.63) is 18.0 Å². The molecule has 7 heteroatoms. The van der Waals surface area contributed by atoms with Gasteiger partial charge in [0.25, 0.3) is 0 Å². The molecule has 4 nitrogen and oxygen atoms in total. The molecule has 0 saturated heterocycles. The lowest BCUT2D eigenvalue weighted by Gasteiger charge is -2.22. The van der Waals surface area contributed by atoms with Crippen LogP contribution in [-0.4, -0.2) is 29.2 Å². The van der Waals surface area contributed by atoms with E-state index >= 15 is 0 Å². The predicted octanol–water partition coefficient (Wildman–Crippen LogP) is 1.32. The summed E-state index contributed by atoms with van der Waals surface area (Å²) in [6, 6.07) is 1.57. The van der Waals surface area contributed by atoms with E-state index in [0.717, 1.165) is 4.90 Å². The van der Waals surface area contributed by atoms with Crippen molar-refractivity contribution in [1.82, 2.24) is 9.97 Å². The first kappa shape index (κ1) is 12.7. The average molecular weight is 234 g/mol. The first-order valence-corrected chi connectivity index (χ1v) is 4.80. The highest BCUT2D eigenvalue weighted by molar-refractivity contribution is 5.30. The third kappa shape index (κ3) is 3.65. The Bertz CT molecular complexity index is 340. The van der Waals surface area contributed by atoms with Crippen molar-refractivity contribution < 1.29 is 13.2 Å². The maximum atomic E-state index is 12.2. The van der Waals surface area contributed by atoms with Crippen LogP contribution in [0, 0.1) is 0 Å². The normalized spacial score (nSPS) is 11.6. The number of halogens is 3. The summed E-state index contributed by atoms with van der Waals surface area (Å²) in [4.78, 5) is 8.79. The van der Waals surface area contributed by atoms with Crippen LogP contribution in [0.2, 0.25) is 0 Å². The molecular weight excluding hydrogens is 221 g/mol. The van der Waals surface area contributed by atoms with Crippen molar-refractivity contribution in [2.45, 2.75) is 19.6 Å². The molecule has 1 rings (SSSR count). The molecule has 2 N–H and O–H groups in total. The van der Waals surface area contributed by atoms with Crippen LogP contribution in [0.15, 0.2) is 12.3 Å². The predicted molar refractivity (Wildman–Crippen MR) is 53.9 cm³/mol. The highest BCUT2D eigenvalue weighted by Crippen LogP contribution is 2.19. The van der Waals surface area contributed by atoms with Gasteiger partial charge in [-0.15, -0.1) is 0 Å². The van der Waals surface area contributed by atoms with Gasteiger partial charge in [0.1, 0.15) is 6.54 Å². The van der Waals surface area contributed by atoms with Crippen LogP contribution in [0.5, 0.6) is 0 Å². The Hall–Kier alpha value is -1.37. The van der Waals surface area contributed by atoms with Gasteiger partial charge in [0.05, 0.1) is 5.69 Å². The number of anilines is 1. The molecule has 0 aliphatic heterocycles. The minimum atomic E-state index is -4.27. The third-order valence-corrected chi connectivity index (χ3v) is 1.94. The lowest BCUT2D eigenvalue weighted by Crippen LogP contribution is -2.35. The van der Waals surface area contributed by atoms with Gasteiger partial charge in [-0.1, -0.05) is 0 Å². The third-order valence-electron chi connectivity index (χ3n) is 1.94. The summed E-state index contributed by atoms with van der Waals surface area (Å²) in [7, 11) is 0. The van der Waals surface area contributed by atoms with E-state index in [9.17, 15) is 13.2 Å². The molecule has 0 aliphatic rings. The van der Waals surface area contributed by atoms with Gasteiger partial charge in [-0.25, -0.2) is 9.97 Å². The molecule has 0 fully saturated rings. The fraction of sp³-hybridized carbons (Fsp3) is 0.556. The zero-order chi connectivity index (χ0) is 12.2. The summed E-state index contributed by atoms with van der Waals surface area (Å²) in [5, 5.41) is 0. The molecule has 0 radical (unpaired) electrons. The van der Waals surface area contributed by atoms with E-state index in [0.29, 0.717) is 5.69 Å². The van der Waals surface area contributed by atoms with E-state index in [1.807, 2.05) is 0 Å². The molecule has 16 heavy (non-hydrogen) atoms. The molecule has 0 unspecified atom stereocenters. The molecule has 0 aromatic carbocycles. The molecule has 0 aliphatic carbocycles. The van der Waals surface area contributed by atoms with Crippen molar-refractivity contribution in [3.63, 3.8) is 0 Å². The van der Waals surface area contributed by atoms with Gasteiger partial charge in [-0.2, -0.15) is 13.2 Å². The van der Waals surface area contributed by atoms with Crippen LogP contribution in [0.25, 0.3) is 0 Å². The van der Waals surface area contributed by atoms with Gasteiger partial charge in [-0.3, -0.25) is 0 Å². The largest absolute Gasteiger partial charge is 0.406 e. The highest BCUT2D eigenvalue weighted by atomic mass is 19.4. The zero-order valence-electron chi connectivity index (χ0n) is 8.83. The topological polar surface area (TPSA) is 55.0 Å². The molecule has 1 aromatic rings. The maximum Gasteiger partial charge on any atom is 0.406 e. The van der Waals surface area contributed by atoms with E-state index < -0.39 is 12.7 Å². The summed E-state index contributed by atoms with van der Waals surface area (Å²) < 4.78 is 36.7. The first-order valence-electron chi connectivity index (χ1n) is 4.80. The van der Waals surface area contributed by atoms with E-state index in [1.165, 1.54) is 6.20 Å². The molecule has 0 spiro atoms. The van der Waals surface area contributed by atoms with Crippen LogP contribution >= 0.6 is 0 Å². The van der Waals surface area contributed by atoms with Crippen LogP contribution in [-0.2, 0) is 6.54 Å². The quantitative estimate of drug-likeness (QED) is 0.853. The highest BCUT2D eigenvalue weighted by Gasteiger charge is 2.31. The van der Waals surface area contributed by atoms with E-state index in [2.05, 4.69) is 9.97 Å². The van der Waals surface area contributed by atoms with Crippen LogP contribution < -0.4 is 10.6 Å². The molecule has 0 amide bonds. The summed E-state index contributed by atoms with van der Waals surface area (Å²) in [6.45, 7) is 0.925. The monoisotopic (exact) mass is 234 g/mol. The van der Waals surface area contributed by atoms with Gasteiger partial charge in [0.15, 0.2) is 0 Å². The molecule has 1 aromatic heterocycles. The first-order chi connectivity index (χ1) is 7.46. The van der Waals surface area contributed by atoms with Crippen LogP contribution in [0.1, 0.15) is 12.6 Å². The van der Waals surface area contributed by atoms with Crippen molar-refractivity contribution >= 4 is 5.95 Å². The summed E-state index contributed by atoms with van der Waals surface area (Å²) in [5.41, 5.74) is 5.88. The van der Waals surface area contributed by atoms with Crippen LogP contribution in [0.3, 0.4) is 0 Å². The summed E-state index contributed by atoms with van der Waals surface area (Å²) in [6.07, 6.45) is -2.86. The molecule has 90 valence electrons. The van der Waals surface area contributed by atoms with E-state index in [1.54, 1.807) is 13.0 Å². The number of hydrogen-bond acceptors (Lipinski definition) is 4. The van der Waals surface area contributed by atoms with Gasteiger partial charge >= 0.3 is 6.18 Å². The maximum absolute atomic E-state index is 12.2. The van der Waals surface area contributed by atoms with Crippen molar-refractivity contribution in [3.8, 4) is 0 Å². The van der Waals surface area contributed by atoms with E-state index in [-0.39, 0.29) is 19.0 Å². The lowest BCUT2D eigenvalue weighted by molar-refractivity contribution is -0.119. The molecule has 0 saturated carbocycles. The fourth-order valence-electron chi connectivity index (χ4n) is 1.19. The second kappa shape index (κ2) is 5.11. The Morgan fingerprint density at radius 3 is 2.62 bits per heavy atom. The number of rotatable bonds is 4. The Morgan fingerprint density at radius 1 is 1.44 bits per heavy atom. The number of nitrogens with two attached hydrogens (primary N) is 1. The van der Waals surface area contributed by atoms with Crippen molar-refractivity contribution in [1.29, 1.82) is 0 Å². The van der Waals surface area contributed by atoms with E-state index in [4.69, 9.17) is 5.73 Å². The number of nitrogens with zero attached hydrogens (tertiary/aromatic N) is 3. The van der Waals surface area contributed by atoms with Gasteiger partial charge in [0.2, 0.25) is 5.95 Å². The summed E-state index contributed by atoms with van der Waals surface area (Å²) in [5.74, 6) is 0.0581. The Labute approximate surface area is 91.3 Å². The number of hydrogen-bond donors (Lipinski definition) is 1. The van der Waals surface area contributed by atoms with Gasteiger partial charge < -0.3 is 10.6 Å². The Balaban J connectivity index is 2.86. The number of alkyl halides is 3. The lowest BCUT2D eigenvalue weighted by atomic mass is 10.4. The molecule has 1 heterocycles. The molecule has 0 atom stereocenters. The summed E-state index contributed by atoms with van der Waals surface area (Å²) >= 11 is 0. The fourth-order valence-corrected chi connectivity index (χ4v) is 1.19. The zero-order valence-corrected chi connectivity index (χ0v) is 8.83. The molecular formula is C9H13F3N4. The second-order valence-corrected chi connectivity index (χ2v) is 3.18. The van der Waals surface area contributed by atoms with Gasteiger partial charge in [-0.05, 0) is 13.0 Å². The van der Waals surface area contributed by atoms with Crippen molar-refractivity contribution in [2.24, 2.45) is 5.73 Å². The van der Waals surface area contributed by atoms with Gasteiger partial charge in [0, 0.05) is 19.3 Å². The Kier molecular flexibility index (Phi) is 4.05. The second-order valence-electron chi connectivity index (χ2n) is 3.18. The standard InChI is InChI=1S/C9H13F3N4/c1-2-16(6-9(10,11)12)8-14-4-3-7(5-13)15-8/h3-4H,2,5-6,13H2,1H3. The minimum Gasteiger partial charge on any atom is -0.332 e. The number of aromatic nitrogens is 2. The van der Waals surface area contributed by atoms with Crippen LogP contribution in [0.4, 0.5) is 19.1 Å². The average Bonchev–Trinajstić information content (AvgIpc) is 2.25. The SMILES string of the molecule is CCN(CC(F)(F)F)c1nccc(CN)n1. The molecule has 0 bridgehead atoms. The Morgan fingerprint density at radius 2 is 2.12 bits per heavy atom. The van der Waals surface area contributed by atoms with Crippen molar-refractivity contribution in [2.75, 3.05) is 18.0 Å².